The highest BCUT2D eigenvalue weighted by atomic mass is 19.1. The molecule has 0 saturated carbocycles. The summed E-state index contributed by atoms with van der Waals surface area (Å²) in [5.41, 5.74) is 2.68. The molecule has 0 aliphatic rings. The van der Waals surface area contributed by atoms with Gasteiger partial charge in [0.15, 0.2) is 0 Å². The van der Waals surface area contributed by atoms with Crippen molar-refractivity contribution in [2.45, 2.75) is 13.3 Å². The molecule has 4 heteroatoms. The van der Waals surface area contributed by atoms with Crippen LogP contribution >= 0.6 is 0 Å². The monoisotopic (exact) mass is 262 g/mol. The highest BCUT2D eigenvalue weighted by molar-refractivity contribution is 5.65. The third kappa shape index (κ3) is 2.89. The number of rotatable bonds is 3. The van der Waals surface area contributed by atoms with E-state index in [-0.39, 0.29) is 0 Å². The zero-order valence-electron chi connectivity index (χ0n) is 11.2. The molecular weight excluding hydrogens is 246 g/mol. The maximum Gasteiger partial charge on any atom is 0.135 e. The van der Waals surface area contributed by atoms with Gasteiger partial charge in [-0.05, 0) is 30.7 Å². The van der Waals surface area contributed by atoms with E-state index in [4.69, 9.17) is 0 Å². The Balaban J connectivity index is 2.57. The fourth-order valence-electron chi connectivity index (χ4n) is 1.85. The molecule has 0 aliphatic carbocycles. The van der Waals surface area contributed by atoms with E-state index in [9.17, 15) is 8.78 Å². The number of pyridine rings is 1. The number of nitrogens with zero attached hydrogens (tertiary/aromatic N) is 2. The minimum absolute atomic E-state index is 0.319. The van der Waals surface area contributed by atoms with E-state index < -0.39 is 11.6 Å². The number of anilines is 1. The summed E-state index contributed by atoms with van der Waals surface area (Å²) in [4.78, 5) is 6.34. The van der Waals surface area contributed by atoms with Crippen molar-refractivity contribution in [3.8, 4) is 11.3 Å². The van der Waals surface area contributed by atoms with Crippen LogP contribution < -0.4 is 4.90 Å². The van der Waals surface area contributed by atoms with Crippen molar-refractivity contribution < 1.29 is 8.78 Å². The van der Waals surface area contributed by atoms with Crippen LogP contribution in [0.4, 0.5) is 14.5 Å². The van der Waals surface area contributed by atoms with Crippen molar-refractivity contribution in [1.29, 1.82) is 0 Å². The van der Waals surface area contributed by atoms with Crippen LogP contribution in [0.3, 0.4) is 0 Å². The first-order valence-electron chi connectivity index (χ1n) is 6.15. The molecule has 1 heterocycles. The Morgan fingerprint density at radius 3 is 2.42 bits per heavy atom. The number of aromatic nitrogens is 1. The molecule has 0 saturated heterocycles. The number of hydrogen-bond donors (Lipinski definition) is 0. The Morgan fingerprint density at radius 2 is 1.84 bits per heavy atom. The summed E-state index contributed by atoms with van der Waals surface area (Å²) in [7, 11) is 3.83. The smallest absolute Gasteiger partial charge is 0.135 e. The molecule has 0 spiro atoms. The highest BCUT2D eigenvalue weighted by Gasteiger charge is 2.10. The van der Waals surface area contributed by atoms with Gasteiger partial charge in [0.2, 0.25) is 0 Å². The first kappa shape index (κ1) is 13.5. The maximum atomic E-state index is 13.8. The van der Waals surface area contributed by atoms with Crippen LogP contribution in [0, 0.1) is 11.6 Å². The number of hydrogen-bond acceptors (Lipinski definition) is 2. The van der Waals surface area contributed by atoms with E-state index in [0.717, 1.165) is 23.9 Å². The summed E-state index contributed by atoms with van der Waals surface area (Å²) < 4.78 is 26.8. The maximum absolute atomic E-state index is 13.8. The van der Waals surface area contributed by atoms with Crippen LogP contribution in [-0.4, -0.2) is 19.1 Å². The van der Waals surface area contributed by atoms with Crippen molar-refractivity contribution >= 4 is 5.69 Å². The second-order valence-electron chi connectivity index (χ2n) is 4.57. The molecule has 0 amide bonds. The molecule has 19 heavy (non-hydrogen) atoms. The Hall–Kier alpha value is -1.97. The number of halogens is 2. The quantitative estimate of drug-likeness (QED) is 0.839. The van der Waals surface area contributed by atoms with Crippen LogP contribution in [0.1, 0.15) is 12.6 Å². The van der Waals surface area contributed by atoms with Crippen LogP contribution in [0.2, 0.25) is 0 Å². The molecule has 0 fully saturated rings. The summed E-state index contributed by atoms with van der Waals surface area (Å²) in [6.45, 7) is 1.99. The van der Waals surface area contributed by atoms with Gasteiger partial charge in [0.05, 0.1) is 5.69 Å². The van der Waals surface area contributed by atoms with Gasteiger partial charge in [-0.3, -0.25) is 4.98 Å². The first-order valence-corrected chi connectivity index (χ1v) is 6.15. The molecule has 2 rings (SSSR count). The van der Waals surface area contributed by atoms with Gasteiger partial charge >= 0.3 is 0 Å². The topological polar surface area (TPSA) is 16.1 Å². The van der Waals surface area contributed by atoms with Crippen LogP contribution in [0.25, 0.3) is 11.3 Å². The van der Waals surface area contributed by atoms with Gasteiger partial charge < -0.3 is 4.90 Å². The predicted octanol–water partition coefficient (Wildman–Crippen LogP) is 3.66. The Kier molecular flexibility index (Phi) is 3.79. The molecule has 2 nitrogen and oxygen atoms in total. The molecule has 0 radical (unpaired) electrons. The van der Waals surface area contributed by atoms with Gasteiger partial charge in [0.25, 0.3) is 0 Å². The summed E-state index contributed by atoms with van der Waals surface area (Å²) >= 11 is 0. The Bertz CT molecular complexity index is 595. The zero-order chi connectivity index (χ0) is 14.0. The molecule has 0 N–H and O–H groups in total. The molecule has 0 aliphatic heterocycles. The zero-order valence-corrected chi connectivity index (χ0v) is 11.2. The van der Waals surface area contributed by atoms with Gasteiger partial charge in [-0.2, -0.15) is 0 Å². The third-order valence-electron chi connectivity index (χ3n) is 2.95. The summed E-state index contributed by atoms with van der Waals surface area (Å²) in [6, 6.07) is 7.31. The number of aryl methyl sites for hydroxylation is 1. The summed E-state index contributed by atoms with van der Waals surface area (Å²) in [5.74, 6) is -1.17. The van der Waals surface area contributed by atoms with Crippen molar-refractivity contribution in [2.24, 2.45) is 0 Å². The fraction of sp³-hybridized carbons (Fsp3) is 0.267. The molecule has 1 aromatic carbocycles. The van der Waals surface area contributed by atoms with Gasteiger partial charge in [0.1, 0.15) is 11.6 Å². The van der Waals surface area contributed by atoms with Crippen molar-refractivity contribution in [3.05, 3.63) is 47.7 Å². The number of benzene rings is 1. The van der Waals surface area contributed by atoms with Crippen molar-refractivity contribution in [2.75, 3.05) is 19.0 Å². The summed E-state index contributed by atoms with van der Waals surface area (Å²) in [5, 5.41) is 0. The van der Waals surface area contributed by atoms with Crippen LogP contribution in [0.15, 0.2) is 30.3 Å². The standard InChI is InChI=1S/C15H16F2N2/c1-4-11-8-12(19(2)3)9-15(18-11)13-6-5-10(16)7-14(13)17/h5-9H,4H2,1-3H3. The SMILES string of the molecule is CCc1cc(N(C)C)cc(-c2ccc(F)cc2F)n1. The Morgan fingerprint density at radius 1 is 1.11 bits per heavy atom. The molecule has 100 valence electrons. The molecule has 0 unspecified atom stereocenters. The van der Waals surface area contributed by atoms with E-state index >= 15 is 0 Å². The Labute approximate surface area is 111 Å². The van der Waals surface area contributed by atoms with E-state index in [1.54, 1.807) is 6.07 Å². The van der Waals surface area contributed by atoms with E-state index in [1.807, 2.05) is 32.0 Å². The molecule has 0 atom stereocenters. The normalized spacial score (nSPS) is 10.6. The highest BCUT2D eigenvalue weighted by Crippen LogP contribution is 2.26. The summed E-state index contributed by atoms with van der Waals surface area (Å²) in [6.07, 6.45) is 0.761. The van der Waals surface area contributed by atoms with E-state index in [2.05, 4.69) is 4.98 Å². The average molecular weight is 262 g/mol. The second-order valence-corrected chi connectivity index (χ2v) is 4.57. The van der Waals surface area contributed by atoms with E-state index in [1.165, 1.54) is 12.1 Å². The lowest BCUT2D eigenvalue weighted by atomic mass is 10.1. The lowest BCUT2D eigenvalue weighted by Crippen LogP contribution is -2.10. The van der Waals surface area contributed by atoms with E-state index in [0.29, 0.717) is 11.3 Å². The molecular formula is C15H16F2N2. The predicted molar refractivity (Wildman–Crippen MR) is 73.3 cm³/mol. The second kappa shape index (κ2) is 5.34. The van der Waals surface area contributed by atoms with Crippen LogP contribution in [-0.2, 0) is 6.42 Å². The van der Waals surface area contributed by atoms with Gasteiger partial charge in [-0.1, -0.05) is 6.92 Å². The van der Waals surface area contributed by atoms with Gasteiger partial charge in [-0.25, -0.2) is 8.78 Å². The third-order valence-corrected chi connectivity index (χ3v) is 2.95. The lowest BCUT2D eigenvalue weighted by molar-refractivity contribution is 0.585. The van der Waals surface area contributed by atoms with Gasteiger partial charge in [-0.15, -0.1) is 0 Å². The van der Waals surface area contributed by atoms with Crippen LogP contribution in [0.5, 0.6) is 0 Å². The van der Waals surface area contributed by atoms with Gasteiger partial charge in [0, 0.05) is 37.1 Å². The first-order chi connectivity index (χ1) is 9.01. The minimum Gasteiger partial charge on any atom is -0.378 e. The molecule has 2 aromatic rings. The fourth-order valence-corrected chi connectivity index (χ4v) is 1.85. The average Bonchev–Trinajstić information content (AvgIpc) is 2.38. The molecule has 0 bridgehead atoms. The van der Waals surface area contributed by atoms with Crippen molar-refractivity contribution in [1.82, 2.24) is 4.98 Å². The largest absolute Gasteiger partial charge is 0.378 e. The lowest BCUT2D eigenvalue weighted by Gasteiger charge is -2.15. The minimum atomic E-state index is -0.592. The van der Waals surface area contributed by atoms with Crippen molar-refractivity contribution in [3.63, 3.8) is 0 Å². The molecule has 1 aromatic heterocycles.